The average Bonchev–Trinajstić information content (AvgIpc) is 3.27. The molecule has 1 N–H and O–H groups in total. The van der Waals surface area contributed by atoms with Crippen LogP contribution in [0.5, 0.6) is 0 Å². The molecule has 0 radical (unpaired) electrons. The van der Waals surface area contributed by atoms with Gasteiger partial charge in [0.05, 0.1) is 0 Å². The van der Waals surface area contributed by atoms with E-state index in [0.29, 0.717) is 12.4 Å². The summed E-state index contributed by atoms with van der Waals surface area (Å²) in [4.78, 5) is 20.1. The van der Waals surface area contributed by atoms with Crippen LogP contribution in [-0.2, 0) is 9.53 Å². The zero-order chi connectivity index (χ0) is 18.6. The number of hydrogen-bond acceptors (Lipinski definition) is 6. The minimum atomic E-state index is -0.205. The lowest BCUT2D eigenvalue weighted by Crippen LogP contribution is -2.29. The lowest BCUT2D eigenvalue weighted by molar-refractivity contribution is -0.120. The van der Waals surface area contributed by atoms with Crippen LogP contribution in [0, 0.1) is 0 Å². The molecule has 0 saturated carbocycles. The van der Waals surface area contributed by atoms with Gasteiger partial charge in [-0.05, 0) is 26.2 Å². The number of carbonyl (C=O) groups excluding carboxylic acids is 1. The predicted molar refractivity (Wildman–Crippen MR) is 107 cm³/mol. The molecule has 3 heterocycles. The number of fused-ring (bicyclic) bond motifs is 1. The Labute approximate surface area is 162 Å². The van der Waals surface area contributed by atoms with Gasteiger partial charge >= 0.3 is 0 Å². The summed E-state index contributed by atoms with van der Waals surface area (Å²) in [5.41, 5.74) is 1.67. The zero-order valence-corrected chi connectivity index (χ0v) is 16.2. The number of ether oxygens (including phenoxy) is 1. The van der Waals surface area contributed by atoms with E-state index in [2.05, 4.69) is 10.2 Å². The number of nitrogens with one attached hydrogen (secondary N) is 1. The molecule has 1 fully saturated rings. The van der Waals surface area contributed by atoms with Gasteiger partial charge in [0.25, 0.3) is 5.91 Å². The van der Waals surface area contributed by atoms with Crippen LogP contribution in [0.2, 0.25) is 0 Å². The number of aromatic nitrogens is 3. The third-order valence-electron chi connectivity index (χ3n) is 4.56. The largest absolute Gasteiger partial charge is 0.372 e. The number of anilines is 2. The second-order valence-electron chi connectivity index (χ2n) is 6.49. The Bertz CT molecular complexity index is 915. The summed E-state index contributed by atoms with van der Waals surface area (Å²) in [7, 11) is 0. The van der Waals surface area contributed by atoms with E-state index in [-0.39, 0.29) is 12.5 Å². The number of amides is 1. The van der Waals surface area contributed by atoms with Crippen LogP contribution in [0.15, 0.2) is 30.3 Å². The Morgan fingerprint density at radius 2 is 2.00 bits per heavy atom. The first-order valence-electron chi connectivity index (χ1n) is 9.34. The summed E-state index contributed by atoms with van der Waals surface area (Å²) in [6.07, 6.45) is 3.65. The molecule has 3 aromatic rings. The van der Waals surface area contributed by atoms with Crippen molar-refractivity contribution in [1.29, 1.82) is 0 Å². The van der Waals surface area contributed by atoms with Crippen LogP contribution in [-0.4, -0.2) is 46.8 Å². The molecule has 0 spiro atoms. The quantitative estimate of drug-likeness (QED) is 0.704. The fourth-order valence-electron chi connectivity index (χ4n) is 3.22. The number of nitrogens with zero attached hydrogens (tertiary/aromatic N) is 4. The molecule has 0 unspecified atom stereocenters. The molecule has 1 aliphatic heterocycles. The van der Waals surface area contributed by atoms with Crippen molar-refractivity contribution in [3.63, 3.8) is 0 Å². The van der Waals surface area contributed by atoms with E-state index in [4.69, 9.17) is 14.8 Å². The van der Waals surface area contributed by atoms with Gasteiger partial charge in [-0.15, -0.1) is 5.10 Å². The van der Waals surface area contributed by atoms with Crippen molar-refractivity contribution < 1.29 is 9.53 Å². The van der Waals surface area contributed by atoms with Crippen LogP contribution in [0.4, 0.5) is 10.9 Å². The second kappa shape index (κ2) is 8.06. The summed E-state index contributed by atoms with van der Waals surface area (Å²) in [6, 6.07) is 9.84. The highest BCUT2D eigenvalue weighted by atomic mass is 32.1. The van der Waals surface area contributed by atoms with Crippen molar-refractivity contribution in [1.82, 2.24) is 14.6 Å². The standard InChI is InChI=1S/C19H23N5O2S/c1-2-26-13-15(25)20-17-16(14-9-5-3-6-10-14)21-18-24(17)22-19(27-18)23-11-7-4-8-12-23/h3,5-6,9-10H,2,4,7-8,11-13H2,1H3,(H,20,25). The van der Waals surface area contributed by atoms with Crippen LogP contribution < -0.4 is 10.2 Å². The summed E-state index contributed by atoms with van der Waals surface area (Å²) in [6.45, 7) is 4.42. The second-order valence-corrected chi connectivity index (χ2v) is 7.42. The molecule has 1 aliphatic rings. The summed E-state index contributed by atoms with van der Waals surface area (Å²) in [5.74, 6) is 0.392. The van der Waals surface area contributed by atoms with Crippen LogP contribution in [0.3, 0.4) is 0 Å². The predicted octanol–water partition coefficient (Wildman–Crippen LogP) is 3.42. The number of imidazole rings is 1. The fourth-order valence-corrected chi connectivity index (χ4v) is 4.18. The van der Waals surface area contributed by atoms with E-state index in [1.165, 1.54) is 19.3 Å². The number of piperidine rings is 1. The monoisotopic (exact) mass is 385 g/mol. The number of benzene rings is 1. The Morgan fingerprint density at radius 3 is 2.74 bits per heavy atom. The number of hydrogen-bond donors (Lipinski definition) is 1. The van der Waals surface area contributed by atoms with E-state index < -0.39 is 0 Å². The van der Waals surface area contributed by atoms with Gasteiger partial charge in [0, 0.05) is 25.3 Å². The van der Waals surface area contributed by atoms with Crippen molar-refractivity contribution in [3.05, 3.63) is 30.3 Å². The molecule has 142 valence electrons. The molecule has 0 aliphatic carbocycles. The maximum Gasteiger partial charge on any atom is 0.251 e. The molecule has 1 aromatic carbocycles. The molecule has 1 saturated heterocycles. The molecule has 4 rings (SSSR count). The highest BCUT2D eigenvalue weighted by molar-refractivity contribution is 7.20. The normalized spacial score (nSPS) is 14.6. The van der Waals surface area contributed by atoms with Gasteiger partial charge in [-0.3, -0.25) is 4.79 Å². The van der Waals surface area contributed by atoms with Gasteiger partial charge in [-0.1, -0.05) is 41.7 Å². The Morgan fingerprint density at radius 1 is 1.22 bits per heavy atom. The lowest BCUT2D eigenvalue weighted by Gasteiger charge is -2.25. The minimum Gasteiger partial charge on any atom is -0.372 e. The van der Waals surface area contributed by atoms with E-state index in [0.717, 1.165) is 34.4 Å². The van der Waals surface area contributed by atoms with Gasteiger partial charge in [0.1, 0.15) is 12.3 Å². The number of carbonyl (C=O) groups is 1. The fraction of sp³-hybridized carbons (Fsp3) is 0.421. The van der Waals surface area contributed by atoms with Crippen LogP contribution in [0.25, 0.3) is 16.2 Å². The van der Waals surface area contributed by atoms with E-state index in [1.807, 2.05) is 37.3 Å². The third-order valence-corrected chi connectivity index (χ3v) is 5.53. The smallest absolute Gasteiger partial charge is 0.251 e. The Hall–Kier alpha value is -2.45. The summed E-state index contributed by atoms with van der Waals surface area (Å²) < 4.78 is 6.99. The molecule has 0 atom stereocenters. The third kappa shape index (κ3) is 3.81. The Kier molecular flexibility index (Phi) is 5.35. The molecule has 2 aromatic heterocycles. The molecule has 7 nitrogen and oxygen atoms in total. The Balaban J connectivity index is 1.71. The summed E-state index contributed by atoms with van der Waals surface area (Å²) >= 11 is 1.56. The maximum absolute atomic E-state index is 12.3. The van der Waals surface area contributed by atoms with E-state index in [1.54, 1.807) is 15.9 Å². The van der Waals surface area contributed by atoms with Crippen LogP contribution >= 0.6 is 11.3 Å². The van der Waals surface area contributed by atoms with Gasteiger partial charge in [-0.25, -0.2) is 4.98 Å². The first-order chi connectivity index (χ1) is 13.3. The molecule has 1 amide bonds. The molecule has 8 heteroatoms. The first kappa shape index (κ1) is 17.9. The van der Waals surface area contributed by atoms with Crippen LogP contribution in [0.1, 0.15) is 26.2 Å². The number of rotatable bonds is 6. The highest BCUT2D eigenvalue weighted by Gasteiger charge is 2.22. The molecule has 0 bridgehead atoms. The molecular weight excluding hydrogens is 362 g/mol. The van der Waals surface area contributed by atoms with E-state index in [9.17, 15) is 4.79 Å². The van der Waals surface area contributed by atoms with Gasteiger partial charge in [0.2, 0.25) is 10.1 Å². The topological polar surface area (TPSA) is 71.8 Å². The van der Waals surface area contributed by atoms with Gasteiger partial charge in [0.15, 0.2) is 5.82 Å². The van der Waals surface area contributed by atoms with Crippen molar-refractivity contribution in [2.75, 3.05) is 36.5 Å². The van der Waals surface area contributed by atoms with Crippen molar-refractivity contribution >= 4 is 33.2 Å². The van der Waals surface area contributed by atoms with E-state index >= 15 is 0 Å². The minimum absolute atomic E-state index is 0.0150. The molecular formula is C19H23N5O2S. The zero-order valence-electron chi connectivity index (χ0n) is 15.4. The maximum atomic E-state index is 12.3. The summed E-state index contributed by atoms with van der Waals surface area (Å²) in [5, 5.41) is 8.66. The average molecular weight is 385 g/mol. The molecule has 27 heavy (non-hydrogen) atoms. The van der Waals surface area contributed by atoms with Gasteiger partial charge < -0.3 is 15.0 Å². The van der Waals surface area contributed by atoms with Crippen molar-refractivity contribution in [3.8, 4) is 11.3 Å². The SMILES string of the molecule is CCOCC(=O)Nc1c(-c2ccccc2)nc2sc(N3CCCCC3)nn12. The first-order valence-corrected chi connectivity index (χ1v) is 10.2. The van der Waals surface area contributed by atoms with Crippen molar-refractivity contribution in [2.45, 2.75) is 26.2 Å². The lowest BCUT2D eigenvalue weighted by atomic mass is 10.1. The van der Waals surface area contributed by atoms with Gasteiger partial charge in [-0.2, -0.15) is 4.52 Å². The highest BCUT2D eigenvalue weighted by Crippen LogP contribution is 2.34. The van der Waals surface area contributed by atoms with Crippen molar-refractivity contribution in [2.24, 2.45) is 0 Å².